The molecule has 32 heavy (non-hydrogen) atoms. The van der Waals surface area contributed by atoms with Crippen molar-refractivity contribution in [3.8, 4) is 0 Å². The molecule has 172 valence electrons. The van der Waals surface area contributed by atoms with Crippen LogP contribution in [0.1, 0.15) is 65.7 Å². The van der Waals surface area contributed by atoms with E-state index in [0.717, 1.165) is 24.2 Å². The van der Waals surface area contributed by atoms with Crippen LogP contribution < -0.4 is 5.32 Å². The molecular weight excluding hydrogens is 405 g/mol. The van der Waals surface area contributed by atoms with Gasteiger partial charge in [-0.1, -0.05) is 25.8 Å². The first-order valence-electron chi connectivity index (χ1n) is 12.0. The predicted molar refractivity (Wildman–Crippen MR) is 121 cm³/mol. The number of aromatic nitrogens is 1. The number of anilines is 1. The number of likely N-dealkylation sites (tertiary alicyclic amines) is 1. The number of pyridine rings is 1. The Kier molecular flexibility index (Phi) is 4.99. The van der Waals surface area contributed by atoms with Gasteiger partial charge in [-0.2, -0.15) is 0 Å². The zero-order valence-electron chi connectivity index (χ0n) is 19.6. The molecule has 1 N–H and O–H groups in total. The summed E-state index contributed by atoms with van der Waals surface area (Å²) in [6, 6.07) is 2.69. The SMILES string of the molecule is CC1=C2N(C)C(=O)C(C(=O)Nc3ccc(F)cn3)C[C@]2(C)[C@@H]2CC[C@]3(C)CCC[C@H]3[C@@H]2C1. The highest BCUT2D eigenvalue weighted by molar-refractivity contribution is 6.07. The molecule has 0 radical (unpaired) electrons. The Hall–Kier alpha value is -2.24. The Balaban J connectivity index is 1.47. The number of nitrogens with one attached hydrogen (secondary N) is 1. The van der Waals surface area contributed by atoms with Crippen molar-refractivity contribution in [2.45, 2.75) is 65.7 Å². The van der Waals surface area contributed by atoms with Gasteiger partial charge in [0.1, 0.15) is 17.6 Å². The lowest BCUT2D eigenvalue weighted by molar-refractivity contribution is -0.147. The van der Waals surface area contributed by atoms with Crippen LogP contribution in [0.3, 0.4) is 0 Å². The van der Waals surface area contributed by atoms with E-state index in [4.69, 9.17) is 0 Å². The monoisotopic (exact) mass is 439 g/mol. The normalized spacial score (nSPS) is 38.8. The Morgan fingerprint density at radius 1 is 1.22 bits per heavy atom. The van der Waals surface area contributed by atoms with Crippen LogP contribution in [-0.2, 0) is 9.59 Å². The Morgan fingerprint density at radius 2 is 2.00 bits per heavy atom. The second-order valence-electron chi connectivity index (χ2n) is 11.2. The third-order valence-electron chi connectivity index (χ3n) is 9.41. The minimum Gasteiger partial charge on any atom is -0.318 e. The third-order valence-corrected chi connectivity index (χ3v) is 9.41. The van der Waals surface area contributed by atoms with Gasteiger partial charge in [-0.15, -0.1) is 0 Å². The summed E-state index contributed by atoms with van der Waals surface area (Å²) in [6.07, 6.45) is 9.06. The number of rotatable bonds is 2. The molecule has 2 heterocycles. The zero-order valence-corrected chi connectivity index (χ0v) is 19.6. The maximum atomic E-state index is 13.3. The summed E-state index contributed by atoms with van der Waals surface area (Å²) in [5.41, 5.74) is 2.73. The van der Waals surface area contributed by atoms with E-state index in [0.29, 0.717) is 23.7 Å². The first-order chi connectivity index (χ1) is 15.1. The number of hydrogen-bond donors (Lipinski definition) is 1. The van der Waals surface area contributed by atoms with E-state index in [1.165, 1.54) is 49.8 Å². The van der Waals surface area contributed by atoms with Crippen molar-refractivity contribution in [1.82, 2.24) is 9.88 Å². The number of piperidine rings is 1. The zero-order chi connectivity index (χ0) is 22.8. The molecule has 2 amide bonds. The van der Waals surface area contributed by atoms with Crippen LogP contribution in [0.4, 0.5) is 10.2 Å². The van der Waals surface area contributed by atoms with Crippen molar-refractivity contribution >= 4 is 17.6 Å². The van der Waals surface area contributed by atoms with Gasteiger partial charge >= 0.3 is 0 Å². The lowest BCUT2D eigenvalue weighted by atomic mass is 9.48. The van der Waals surface area contributed by atoms with Gasteiger partial charge in [-0.25, -0.2) is 9.37 Å². The van der Waals surface area contributed by atoms with Gasteiger partial charge < -0.3 is 10.2 Å². The Morgan fingerprint density at radius 3 is 2.72 bits per heavy atom. The first-order valence-corrected chi connectivity index (χ1v) is 12.0. The van der Waals surface area contributed by atoms with Crippen LogP contribution in [0.5, 0.6) is 0 Å². The van der Waals surface area contributed by atoms with Crippen LogP contribution in [0.15, 0.2) is 29.6 Å². The van der Waals surface area contributed by atoms with E-state index in [1.54, 1.807) is 4.90 Å². The van der Waals surface area contributed by atoms with E-state index < -0.39 is 11.7 Å². The number of fused-ring (bicyclic) bond motifs is 5. The van der Waals surface area contributed by atoms with Crippen LogP contribution >= 0.6 is 0 Å². The maximum absolute atomic E-state index is 13.3. The van der Waals surface area contributed by atoms with Crippen molar-refractivity contribution in [2.75, 3.05) is 12.4 Å². The summed E-state index contributed by atoms with van der Waals surface area (Å²) >= 11 is 0. The van der Waals surface area contributed by atoms with Gasteiger partial charge in [0.15, 0.2) is 0 Å². The number of amides is 2. The molecule has 6 heteroatoms. The van der Waals surface area contributed by atoms with E-state index in [9.17, 15) is 14.0 Å². The van der Waals surface area contributed by atoms with E-state index in [2.05, 4.69) is 31.1 Å². The number of hydrogen-bond acceptors (Lipinski definition) is 3. The molecule has 2 saturated carbocycles. The van der Waals surface area contributed by atoms with Crippen LogP contribution in [0, 0.1) is 40.3 Å². The Bertz CT molecular complexity index is 989. The minimum atomic E-state index is -0.760. The van der Waals surface area contributed by atoms with Gasteiger partial charge in [0, 0.05) is 18.2 Å². The summed E-state index contributed by atoms with van der Waals surface area (Å²) < 4.78 is 13.2. The van der Waals surface area contributed by atoms with Crippen molar-refractivity contribution in [2.24, 2.45) is 34.5 Å². The molecule has 5 nitrogen and oxygen atoms in total. The van der Waals surface area contributed by atoms with Crippen LogP contribution in [0.2, 0.25) is 0 Å². The number of carbonyl (C=O) groups is 2. The highest BCUT2D eigenvalue weighted by Gasteiger charge is 2.60. The highest BCUT2D eigenvalue weighted by atomic mass is 19.1. The molecule has 3 aliphatic carbocycles. The summed E-state index contributed by atoms with van der Waals surface area (Å²) in [5, 5.41) is 2.75. The molecular formula is C26H34FN3O2. The molecule has 6 atom stereocenters. The molecule has 1 aromatic heterocycles. The fraction of sp³-hybridized carbons (Fsp3) is 0.654. The lowest BCUT2D eigenvalue weighted by Crippen LogP contribution is -2.57. The lowest BCUT2D eigenvalue weighted by Gasteiger charge is -2.59. The summed E-state index contributed by atoms with van der Waals surface area (Å²) in [6.45, 7) is 6.97. The van der Waals surface area contributed by atoms with Gasteiger partial charge in [0.05, 0.1) is 6.20 Å². The number of allylic oxidation sites excluding steroid dienone is 2. The van der Waals surface area contributed by atoms with E-state index in [1.807, 2.05) is 7.05 Å². The Labute approximate surface area is 189 Å². The van der Waals surface area contributed by atoms with E-state index >= 15 is 0 Å². The number of nitrogens with zero attached hydrogens (tertiary/aromatic N) is 2. The first kappa shape index (κ1) is 21.6. The summed E-state index contributed by atoms with van der Waals surface area (Å²) in [5.74, 6) is 0.423. The average molecular weight is 440 g/mol. The van der Waals surface area contributed by atoms with E-state index in [-0.39, 0.29) is 23.0 Å². The van der Waals surface area contributed by atoms with Crippen molar-refractivity contribution < 1.29 is 14.0 Å². The largest absolute Gasteiger partial charge is 0.318 e. The standard InChI is InChI=1S/C26H34FN3O2/c1-15-12-17-19-6-5-10-25(19,2)11-9-20(17)26(3)13-18(24(32)30(4)22(15)26)23(31)29-21-8-7-16(27)14-28-21/h7-8,14,17-20H,5-6,9-13H2,1-4H3,(H,28,29,31)/t17-,18?,19-,20+,25-,26+/m0/s1. The maximum Gasteiger partial charge on any atom is 0.239 e. The molecule has 1 aromatic rings. The van der Waals surface area contributed by atoms with Crippen molar-refractivity contribution in [3.05, 3.63) is 35.4 Å². The fourth-order valence-corrected chi connectivity index (χ4v) is 8.11. The molecule has 4 aliphatic rings. The summed E-state index contributed by atoms with van der Waals surface area (Å²) in [7, 11) is 1.83. The molecule has 5 rings (SSSR count). The number of carbonyl (C=O) groups excluding carboxylic acids is 2. The second kappa shape index (κ2) is 7.39. The van der Waals surface area contributed by atoms with Crippen LogP contribution in [0.25, 0.3) is 0 Å². The molecule has 1 aliphatic heterocycles. The topological polar surface area (TPSA) is 62.3 Å². The van der Waals surface area contributed by atoms with Gasteiger partial charge in [0.25, 0.3) is 0 Å². The molecule has 1 unspecified atom stereocenters. The molecule has 0 aromatic carbocycles. The van der Waals surface area contributed by atoms with Crippen LogP contribution in [-0.4, -0.2) is 28.7 Å². The van der Waals surface area contributed by atoms with Crippen molar-refractivity contribution in [3.63, 3.8) is 0 Å². The van der Waals surface area contributed by atoms with Gasteiger partial charge in [-0.05, 0) is 80.8 Å². The third kappa shape index (κ3) is 3.12. The summed E-state index contributed by atoms with van der Waals surface area (Å²) in [4.78, 5) is 32.2. The van der Waals surface area contributed by atoms with Crippen molar-refractivity contribution in [1.29, 1.82) is 0 Å². The quantitative estimate of drug-likeness (QED) is 0.648. The van der Waals surface area contributed by atoms with Gasteiger partial charge in [0.2, 0.25) is 11.8 Å². The molecule has 0 bridgehead atoms. The highest BCUT2D eigenvalue weighted by Crippen LogP contribution is 2.65. The smallest absolute Gasteiger partial charge is 0.239 e. The molecule has 1 saturated heterocycles. The second-order valence-corrected chi connectivity index (χ2v) is 11.2. The minimum absolute atomic E-state index is 0.156. The number of halogens is 1. The molecule has 0 spiro atoms. The predicted octanol–water partition coefficient (Wildman–Crippen LogP) is 5.15. The van der Waals surface area contributed by atoms with Gasteiger partial charge in [-0.3, -0.25) is 9.59 Å². The molecule has 3 fully saturated rings. The fourth-order valence-electron chi connectivity index (χ4n) is 8.11. The average Bonchev–Trinajstić information content (AvgIpc) is 3.14.